The Morgan fingerprint density at radius 3 is 1.33 bits per heavy atom. The van der Waals surface area contributed by atoms with Crippen LogP contribution in [0.2, 0.25) is 0 Å². The first kappa shape index (κ1) is 56.6. The average molecular weight is 1020 g/mol. The predicted octanol–water partition coefficient (Wildman–Crippen LogP) is -12.9. The Balaban J connectivity index is 1.23. The minimum absolute atomic E-state index is 0.863. The highest BCUT2D eigenvalue weighted by Crippen LogP contribution is 2.37. The third kappa shape index (κ3) is 11.8. The van der Waals surface area contributed by atoms with Crippen LogP contribution in [0.25, 0.3) is 0 Å². The third-order valence-corrected chi connectivity index (χ3v) is 12.8. The molecule has 6 heterocycles. The fourth-order valence-corrected chi connectivity index (χ4v) is 8.84. The maximum Gasteiger partial charge on any atom is 0.217 e. The number of hydrogen-bond acceptors (Lipinski definition) is 30. The number of ether oxygens (including phenoxy) is 11. The van der Waals surface area contributed by atoms with Gasteiger partial charge in [-0.2, -0.15) is 0 Å². The smallest absolute Gasteiger partial charge is 0.217 e. The van der Waals surface area contributed by atoms with Crippen LogP contribution in [0.3, 0.4) is 0 Å². The second-order valence-electron chi connectivity index (χ2n) is 17.5. The number of nitrogens with one attached hydrogen (secondary N) is 1. The number of aliphatic hydroxyl groups excluding tert-OH is 18. The molecular weight excluding hydrogens is 950 g/mol. The van der Waals surface area contributed by atoms with Gasteiger partial charge in [0.2, 0.25) is 5.91 Å². The molecule has 0 radical (unpaired) electrons. The van der Waals surface area contributed by atoms with Gasteiger partial charge in [0.25, 0.3) is 0 Å². The molecule has 0 aromatic heterocycles. The number of aliphatic hydroxyl groups is 18. The van der Waals surface area contributed by atoms with E-state index in [-0.39, 0.29) is 0 Å². The number of carbonyl (C=O) groups excluding carboxylic acids is 1. The lowest BCUT2D eigenvalue weighted by molar-refractivity contribution is -0.393. The second kappa shape index (κ2) is 24.1. The van der Waals surface area contributed by atoms with E-state index < -0.39 is 223 Å². The Bertz CT molecular complexity index is 1610. The van der Waals surface area contributed by atoms with Crippen molar-refractivity contribution in [3.63, 3.8) is 0 Å². The molecule has 31 nitrogen and oxygen atoms in total. The summed E-state index contributed by atoms with van der Waals surface area (Å²) < 4.78 is 62.4. The van der Waals surface area contributed by atoms with Crippen LogP contribution in [0.5, 0.6) is 0 Å². The van der Waals surface area contributed by atoms with Gasteiger partial charge in [-0.25, -0.2) is 0 Å². The van der Waals surface area contributed by atoms with Crippen molar-refractivity contribution in [3.05, 3.63) is 0 Å². The lowest BCUT2D eigenvalue weighted by atomic mass is 9.94. The van der Waals surface area contributed by atoms with Crippen molar-refractivity contribution in [3.8, 4) is 0 Å². The summed E-state index contributed by atoms with van der Waals surface area (Å²) in [7, 11) is 0. The Hall–Kier alpha value is -1.69. The van der Waals surface area contributed by atoms with Gasteiger partial charge in [-0.05, 0) is 6.92 Å². The molecule has 6 aliphatic heterocycles. The number of amides is 1. The molecule has 19 N–H and O–H groups in total. The topological polar surface area (TPSA) is 495 Å². The summed E-state index contributed by atoms with van der Waals surface area (Å²) in [5.74, 6) is -0.863. The van der Waals surface area contributed by atoms with Gasteiger partial charge in [-0.15, -0.1) is 0 Å². The number of rotatable bonds is 16. The van der Waals surface area contributed by atoms with Crippen molar-refractivity contribution in [1.82, 2.24) is 5.32 Å². The summed E-state index contributed by atoms with van der Waals surface area (Å²) in [6.07, 6.45) is -54.3. The fraction of sp³-hybridized carbons (Fsp3) is 0.974. The maximum atomic E-state index is 12.7. The van der Waals surface area contributed by atoms with Gasteiger partial charge in [0.05, 0.1) is 39.1 Å². The molecule has 6 rings (SSSR count). The Morgan fingerprint density at radius 2 is 0.768 bits per heavy atom. The molecule has 18 unspecified atom stereocenters. The maximum absolute atomic E-state index is 12.7. The summed E-state index contributed by atoms with van der Waals surface area (Å²) in [5.41, 5.74) is 0. The van der Waals surface area contributed by atoms with Crippen LogP contribution in [0.15, 0.2) is 0 Å². The van der Waals surface area contributed by atoms with Gasteiger partial charge in [0.15, 0.2) is 37.7 Å². The summed E-state index contributed by atoms with van der Waals surface area (Å²) in [4.78, 5) is 12.7. The molecule has 1 amide bonds. The van der Waals surface area contributed by atoms with Crippen LogP contribution in [-0.2, 0) is 56.9 Å². The monoisotopic (exact) mass is 1020 g/mol. The van der Waals surface area contributed by atoms with Crippen molar-refractivity contribution in [2.75, 3.05) is 33.0 Å². The van der Waals surface area contributed by atoms with E-state index >= 15 is 0 Å². The summed E-state index contributed by atoms with van der Waals surface area (Å²) >= 11 is 0. The molecule has 0 aromatic rings. The van der Waals surface area contributed by atoms with Crippen LogP contribution in [-0.4, -0.2) is 315 Å². The van der Waals surface area contributed by atoms with Crippen molar-refractivity contribution in [2.45, 2.75) is 198 Å². The van der Waals surface area contributed by atoms with Gasteiger partial charge in [-0.1, -0.05) is 0 Å². The summed E-state index contributed by atoms with van der Waals surface area (Å²) in [5, 5.41) is 194. The lowest BCUT2D eigenvalue weighted by Gasteiger charge is -2.51. The molecule has 0 spiro atoms. The van der Waals surface area contributed by atoms with Gasteiger partial charge >= 0.3 is 0 Å². The molecule has 0 bridgehead atoms. The normalized spacial score (nSPS) is 52.1. The molecule has 6 fully saturated rings. The van der Waals surface area contributed by atoms with E-state index in [0.29, 0.717) is 0 Å². The quantitative estimate of drug-likeness (QED) is 0.0682. The standard InChI is InChI=1S/C38H65NO30/c1-8-16(46)20(50)25(55)35(59-8)69-32-21(51)17(47)10(3-40)63-38(32)67-30-15(39-9(2)45)34(61-11(4-41)18(30)48)68-31-19(49)12(5-42)62-37(27(31)57)66-29-14(7-44)64-36(26(56)23(29)53)65-28-13(6-43)60-33(58)24(54)22(28)52/h8,10-38,40-44,46-58H,3-7H2,1-2H3,(H,39,45)/t8?,10?,11?,12?,13?,14?,15?,16?,17-,18-,19-,20?,21?,22?,23?,24?,25-,26?,27?,28+,29-,30?,31?,32?,33+,34-,35-,36-,37+,38-/m0/s1. The molecule has 402 valence electrons. The average Bonchev–Trinajstić information content (AvgIpc) is 3.32. The largest absolute Gasteiger partial charge is 0.394 e. The number of carbonyl (C=O) groups is 1. The minimum atomic E-state index is -2.21. The highest BCUT2D eigenvalue weighted by molar-refractivity contribution is 5.73. The SMILES string of the molecule is CC(=O)NC1C(O[C@@H]2OC(CO)[C@H](O)C(O)C2O[C@@H]2OC(C)C(O)C(O)[C@@H]2O)[C@@H](O)C(CO)O[C@H]1OC1C(O)[C@@H](O[C@H]2C(CO)O[C@@H](O[C@@H]3C(CO)O[C@@H](O)C(O)C3O)C(O)C2O)OC(CO)[C@@H]1O. The molecule has 30 atom stereocenters. The van der Waals surface area contributed by atoms with Crippen molar-refractivity contribution < 1.29 is 149 Å². The molecule has 31 heteroatoms. The van der Waals surface area contributed by atoms with E-state index in [9.17, 15) is 96.7 Å². The zero-order valence-corrected chi connectivity index (χ0v) is 36.8. The first-order valence-corrected chi connectivity index (χ1v) is 22.0. The molecule has 0 aliphatic carbocycles. The highest BCUT2D eigenvalue weighted by Gasteiger charge is 2.58. The van der Waals surface area contributed by atoms with Crippen LogP contribution in [0, 0.1) is 0 Å². The van der Waals surface area contributed by atoms with Crippen LogP contribution in [0.1, 0.15) is 13.8 Å². The molecule has 6 aliphatic rings. The van der Waals surface area contributed by atoms with Crippen LogP contribution < -0.4 is 5.32 Å². The predicted molar refractivity (Wildman–Crippen MR) is 209 cm³/mol. The van der Waals surface area contributed by atoms with E-state index in [1.807, 2.05) is 0 Å². The van der Waals surface area contributed by atoms with Gasteiger partial charge in [0, 0.05) is 6.92 Å². The molecule has 6 saturated heterocycles. The zero-order valence-electron chi connectivity index (χ0n) is 36.8. The summed E-state index contributed by atoms with van der Waals surface area (Å²) in [6, 6.07) is -1.79. The zero-order chi connectivity index (χ0) is 50.9. The van der Waals surface area contributed by atoms with Gasteiger partial charge in [0.1, 0.15) is 140 Å². The first-order chi connectivity index (χ1) is 32.6. The molecule has 0 aromatic carbocycles. The van der Waals surface area contributed by atoms with E-state index in [1.54, 1.807) is 0 Å². The van der Waals surface area contributed by atoms with Crippen LogP contribution >= 0.6 is 0 Å². The Morgan fingerprint density at radius 1 is 0.377 bits per heavy atom. The van der Waals surface area contributed by atoms with Gasteiger partial charge < -0.3 is 149 Å². The van der Waals surface area contributed by atoms with E-state index in [2.05, 4.69) is 5.32 Å². The van der Waals surface area contributed by atoms with Crippen molar-refractivity contribution in [1.29, 1.82) is 0 Å². The van der Waals surface area contributed by atoms with E-state index in [1.165, 1.54) is 6.92 Å². The Kier molecular flexibility index (Phi) is 19.8. The number of hydrogen-bond donors (Lipinski definition) is 19. The summed E-state index contributed by atoms with van der Waals surface area (Å²) in [6.45, 7) is -2.55. The molecule has 69 heavy (non-hydrogen) atoms. The van der Waals surface area contributed by atoms with Gasteiger partial charge in [-0.3, -0.25) is 4.79 Å². The van der Waals surface area contributed by atoms with Crippen LogP contribution in [0.4, 0.5) is 0 Å². The minimum Gasteiger partial charge on any atom is -0.394 e. The van der Waals surface area contributed by atoms with Crippen molar-refractivity contribution in [2.24, 2.45) is 0 Å². The van der Waals surface area contributed by atoms with E-state index in [4.69, 9.17) is 52.1 Å². The second-order valence-corrected chi connectivity index (χ2v) is 17.5. The molecule has 0 saturated carbocycles. The van der Waals surface area contributed by atoms with Crippen molar-refractivity contribution >= 4 is 5.91 Å². The molecular formula is C38H65NO30. The fourth-order valence-electron chi connectivity index (χ4n) is 8.84. The Labute approximate surface area is 390 Å². The first-order valence-electron chi connectivity index (χ1n) is 22.0. The third-order valence-electron chi connectivity index (χ3n) is 12.8. The highest BCUT2D eigenvalue weighted by atomic mass is 16.8. The lowest BCUT2D eigenvalue weighted by Crippen LogP contribution is -2.70. The van der Waals surface area contributed by atoms with E-state index in [0.717, 1.165) is 6.92 Å².